The number of nitro benzene ring substituents is 1. The number of aromatic carboxylic acids is 1. The van der Waals surface area contributed by atoms with Crippen LogP contribution in [0, 0.1) is 10.1 Å². The van der Waals surface area contributed by atoms with Gasteiger partial charge >= 0.3 is 11.9 Å². The number of carboxylic acids is 1. The Labute approximate surface area is 141 Å². The van der Waals surface area contributed by atoms with Gasteiger partial charge in [-0.1, -0.05) is 0 Å². The Morgan fingerprint density at radius 2 is 1.76 bits per heavy atom. The number of nitro groups is 1. The third-order valence-electron chi connectivity index (χ3n) is 3.07. The van der Waals surface area contributed by atoms with Crippen LogP contribution in [0.3, 0.4) is 0 Å². The lowest BCUT2D eigenvalue weighted by Gasteiger charge is -2.01. The summed E-state index contributed by atoms with van der Waals surface area (Å²) in [6.07, 6.45) is 0. The average molecular weight is 343 g/mol. The van der Waals surface area contributed by atoms with Crippen LogP contribution in [0.2, 0.25) is 0 Å². The number of rotatable bonds is 6. The minimum Gasteiger partial charge on any atom is -0.478 e. The van der Waals surface area contributed by atoms with Crippen molar-refractivity contribution in [2.75, 3.05) is 6.61 Å². The van der Waals surface area contributed by atoms with Crippen LogP contribution in [0.25, 0.3) is 0 Å². The highest BCUT2D eigenvalue weighted by Gasteiger charge is 2.17. The molecule has 0 bridgehead atoms. The lowest BCUT2D eigenvalue weighted by atomic mass is 10.2. The van der Waals surface area contributed by atoms with Crippen LogP contribution in [0.1, 0.15) is 27.6 Å². The van der Waals surface area contributed by atoms with E-state index in [9.17, 15) is 19.7 Å². The molecule has 0 unspecified atom stereocenters. The Balaban J connectivity index is 2.25. The summed E-state index contributed by atoms with van der Waals surface area (Å²) in [5.74, 6) is -1.74. The summed E-state index contributed by atoms with van der Waals surface area (Å²) in [5.41, 5.74) is -0.0528. The fraction of sp³-hybridized carbons (Fsp3) is 0.125. The van der Waals surface area contributed by atoms with Gasteiger partial charge in [0.2, 0.25) is 0 Å². The molecule has 9 nitrogen and oxygen atoms in total. The van der Waals surface area contributed by atoms with Crippen molar-refractivity contribution in [1.29, 1.82) is 0 Å². The van der Waals surface area contributed by atoms with Gasteiger partial charge in [0, 0.05) is 6.07 Å². The molecular weight excluding hydrogens is 330 g/mol. The van der Waals surface area contributed by atoms with Crippen LogP contribution in [-0.2, 0) is 4.74 Å². The SMILES string of the molecule is CCOC(=O)c1ccc(N=Nc2ccc(C(=O)O)cc2[N+](=O)[O-])cc1. The lowest BCUT2D eigenvalue weighted by molar-refractivity contribution is -0.384. The predicted molar refractivity (Wildman–Crippen MR) is 86.6 cm³/mol. The van der Waals surface area contributed by atoms with E-state index in [1.807, 2.05) is 0 Å². The summed E-state index contributed by atoms with van der Waals surface area (Å²) < 4.78 is 4.85. The molecule has 0 fully saturated rings. The molecule has 0 aliphatic rings. The Hall–Kier alpha value is -3.62. The highest BCUT2D eigenvalue weighted by Crippen LogP contribution is 2.30. The van der Waals surface area contributed by atoms with Crippen molar-refractivity contribution in [3.05, 3.63) is 63.7 Å². The third-order valence-corrected chi connectivity index (χ3v) is 3.07. The standard InChI is InChI=1S/C16H13N3O6/c1-2-25-16(22)10-3-6-12(7-4-10)17-18-13-8-5-11(15(20)21)9-14(13)19(23)24/h3-9H,2H2,1H3,(H,20,21). The van der Waals surface area contributed by atoms with Crippen molar-refractivity contribution in [2.45, 2.75) is 6.92 Å². The van der Waals surface area contributed by atoms with Crippen LogP contribution in [-0.4, -0.2) is 28.6 Å². The summed E-state index contributed by atoms with van der Waals surface area (Å²) >= 11 is 0. The molecule has 2 aromatic carbocycles. The first-order valence-electron chi connectivity index (χ1n) is 7.13. The van der Waals surface area contributed by atoms with Gasteiger partial charge in [0.1, 0.15) is 0 Å². The summed E-state index contributed by atoms with van der Waals surface area (Å²) in [4.78, 5) is 32.7. The second kappa shape index (κ2) is 7.77. The summed E-state index contributed by atoms with van der Waals surface area (Å²) in [6.45, 7) is 1.96. The predicted octanol–water partition coefficient (Wildman–Crippen LogP) is 3.89. The molecule has 2 aromatic rings. The van der Waals surface area contributed by atoms with Crippen LogP contribution < -0.4 is 0 Å². The number of esters is 1. The molecule has 2 rings (SSSR count). The van der Waals surface area contributed by atoms with Crippen molar-refractivity contribution in [2.24, 2.45) is 10.2 Å². The largest absolute Gasteiger partial charge is 0.478 e. The molecule has 0 saturated heterocycles. The quantitative estimate of drug-likeness (QED) is 0.366. The Morgan fingerprint density at radius 3 is 2.32 bits per heavy atom. The summed E-state index contributed by atoms with van der Waals surface area (Å²) in [6, 6.07) is 9.33. The molecule has 25 heavy (non-hydrogen) atoms. The van der Waals surface area contributed by atoms with E-state index >= 15 is 0 Å². The second-order valence-corrected chi connectivity index (χ2v) is 4.73. The third kappa shape index (κ3) is 4.44. The second-order valence-electron chi connectivity index (χ2n) is 4.73. The number of carboxylic acid groups (broad SMARTS) is 1. The molecule has 0 heterocycles. The van der Waals surface area contributed by atoms with Gasteiger partial charge in [-0.3, -0.25) is 10.1 Å². The van der Waals surface area contributed by atoms with Gasteiger partial charge in [-0.25, -0.2) is 9.59 Å². The minimum atomic E-state index is -1.28. The summed E-state index contributed by atoms with van der Waals surface area (Å²) in [7, 11) is 0. The van der Waals surface area contributed by atoms with Crippen LogP contribution in [0.4, 0.5) is 17.1 Å². The fourth-order valence-corrected chi connectivity index (χ4v) is 1.88. The van der Waals surface area contributed by atoms with Crippen molar-refractivity contribution >= 4 is 29.0 Å². The van der Waals surface area contributed by atoms with E-state index in [4.69, 9.17) is 9.84 Å². The Morgan fingerprint density at radius 1 is 1.12 bits per heavy atom. The van der Waals surface area contributed by atoms with E-state index in [-0.39, 0.29) is 17.9 Å². The van der Waals surface area contributed by atoms with E-state index < -0.39 is 22.5 Å². The molecule has 0 atom stereocenters. The molecule has 0 saturated carbocycles. The van der Waals surface area contributed by atoms with Gasteiger partial charge in [0.25, 0.3) is 5.69 Å². The molecule has 128 valence electrons. The van der Waals surface area contributed by atoms with E-state index in [0.29, 0.717) is 11.3 Å². The topological polar surface area (TPSA) is 131 Å². The van der Waals surface area contributed by atoms with E-state index in [2.05, 4.69) is 10.2 Å². The number of hydrogen-bond donors (Lipinski definition) is 1. The number of carbonyl (C=O) groups is 2. The zero-order valence-corrected chi connectivity index (χ0v) is 13.1. The summed E-state index contributed by atoms with van der Waals surface area (Å²) in [5, 5.41) is 27.6. The maximum atomic E-state index is 11.5. The van der Waals surface area contributed by atoms with Crippen molar-refractivity contribution in [3.63, 3.8) is 0 Å². The van der Waals surface area contributed by atoms with Gasteiger partial charge in [-0.05, 0) is 43.3 Å². The van der Waals surface area contributed by atoms with Gasteiger partial charge in [0.15, 0.2) is 5.69 Å². The van der Waals surface area contributed by atoms with Crippen molar-refractivity contribution < 1.29 is 24.4 Å². The molecular formula is C16H13N3O6. The number of carbonyl (C=O) groups excluding carboxylic acids is 1. The lowest BCUT2D eigenvalue weighted by Crippen LogP contribution is -2.03. The van der Waals surface area contributed by atoms with Crippen LogP contribution in [0.15, 0.2) is 52.7 Å². The molecule has 0 radical (unpaired) electrons. The zero-order chi connectivity index (χ0) is 18.4. The maximum Gasteiger partial charge on any atom is 0.338 e. The van der Waals surface area contributed by atoms with Crippen molar-refractivity contribution in [1.82, 2.24) is 0 Å². The highest BCUT2D eigenvalue weighted by molar-refractivity contribution is 5.90. The van der Waals surface area contributed by atoms with E-state index in [1.54, 1.807) is 6.92 Å². The number of hydrogen-bond acceptors (Lipinski definition) is 7. The number of ether oxygens (including phenoxy) is 1. The van der Waals surface area contributed by atoms with Crippen molar-refractivity contribution in [3.8, 4) is 0 Å². The van der Waals surface area contributed by atoms with Gasteiger partial charge in [-0.15, -0.1) is 5.11 Å². The molecule has 0 aliphatic heterocycles. The molecule has 0 aliphatic carbocycles. The van der Waals surface area contributed by atoms with Crippen LogP contribution >= 0.6 is 0 Å². The van der Waals surface area contributed by atoms with E-state index in [1.165, 1.54) is 36.4 Å². The van der Waals surface area contributed by atoms with Crippen LogP contribution in [0.5, 0.6) is 0 Å². The first kappa shape index (κ1) is 17.7. The first-order chi connectivity index (χ1) is 11.9. The van der Waals surface area contributed by atoms with Gasteiger partial charge in [-0.2, -0.15) is 5.11 Å². The molecule has 1 N–H and O–H groups in total. The zero-order valence-electron chi connectivity index (χ0n) is 13.1. The van der Waals surface area contributed by atoms with Gasteiger partial charge < -0.3 is 9.84 Å². The number of azo groups is 1. The monoisotopic (exact) mass is 343 g/mol. The maximum absolute atomic E-state index is 11.5. The fourth-order valence-electron chi connectivity index (χ4n) is 1.88. The van der Waals surface area contributed by atoms with Gasteiger partial charge in [0.05, 0.1) is 28.3 Å². The average Bonchev–Trinajstić information content (AvgIpc) is 2.60. The molecule has 0 aromatic heterocycles. The Kier molecular flexibility index (Phi) is 5.51. The van der Waals surface area contributed by atoms with E-state index in [0.717, 1.165) is 6.07 Å². The number of nitrogens with zero attached hydrogens (tertiary/aromatic N) is 3. The minimum absolute atomic E-state index is 0.0792. The number of benzene rings is 2. The molecule has 0 spiro atoms. The molecule has 0 amide bonds. The highest BCUT2D eigenvalue weighted by atomic mass is 16.6. The smallest absolute Gasteiger partial charge is 0.338 e. The first-order valence-corrected chi connectivity index (χ1v) is 7.13. The Bertz CT molecular complexity index is 845. The molecule has 9 heteroatoms. The normalized spacial score (nSPS) is 10.6.